The molecular formula is C31H29F4N3O5. The van der Waals surface area contributed by atoms with Crippen LogP contribution in [0.25, 0.3) is 11.3 Å². The van der Waals surface area contributed by atoms with Crippen LogP contribution in [0.15, 0.2) is 58.6 Å². The van der Waals surface area contributed by atoms with Crippen LogP contribution in [0.3, 0.4) is 0 Å². The highest BCUT2D eigenvalue weighted by Gasteiger charge is 2.55. The van der Waals surface area contributed by atoms with Crippen molar-refractivity contribution in [1.29, 1.82) is 0 Å². The van der Waals surface area contributed by atoms with Gasteiger partial charge in [-0.3, -0.25) is 9.59 Å². The molecule has 226 valence electrons. The van der Waals surface area contributed by atoms with E-state index in [9.17, 15) is 32.3 Å². The van der Waals surface area contributed by atoms with Crippen LogP contribution < -0.4 is 15.4 Å². The van der Waals surface area contributed by atoms with Crippen LogP contribution in [0.4, 0.5) is 23.2 Å². The molecule has 8 nitrogen and oxygen atoms in total. The summed E-state index contributed by atoms with van der Waals surface area (Å²) in [5.74, 6) is -2.54. The fraction of sp³-hybridized carbons (Fsp3) is 0.387. The second-order valence-corrected chi connectivity index (χ2v) is 11.3. The van der Waals surface area contributed by atoms with Crippen LogP contribution in [0.1, 0.15) is 47.4 Å². The Bertz CT molecular complexity index is 1600. The molecule has 2 aromatic carbocycles. The van der Waals surface area contributed by atoms with Gasteiger partial charge >= 0.3 is 6.18 Å². The largest absolute Gasteiger partial charge is 0.496 e. The van der Waals surface area contributed by atoms with Gasteiger partial charge in [0.2, 0.25) is 5.91 Å². The molecule has 0 spiro atoms. The van der Waals surface area contributed by atoms with Crippen molar-refractivity contribution >= 4 is 17.5 Å². The Kier molecular flexibility index (Phi) is 7.49. The molecule has 3 aliphatic carbocycles. The summed E-state index contributed by atoms with van der Waals surface area (Å²) in [5, 5.41) is 18.8. The van der Waals surface area contributed by atoms with Gasteiger partial charge in [0.1, 0.15) is 23.9 Å². The fourth-order valence-electron chi connectivity index (χ4n) is 6.40. The number of rotatable bonds is 8. The monoisotopic (exact) mass is 599 g/mol. The molecule has 0 saturated heterocycles. The molecule has 3 N–H and O–H groups in total. The summed E-state index contributed by atoms with van der Waals surface area (Å²) >= 11 is 0. The summed E-state index contributed by atoms with van der Waals surface area (Å²) < 4.78 is 64.3. The van der Waals surface area contributed by atoms with Crippen LogP contribution in [0, 0.1) is 29.5 Å². The predicted octanol–water partition coefficient (Wildman–Crippen LogP) is 5.73. The number of hydrogen-bond donors (Lipinski definition) is 3. The molecule has 6 rings (SSSR count). The number of alkyl halides is 3. The molecule has 3 aromatic rings. The van der Waals surface area contributed by atoms with Crippen molar-refractivity contribution in [3.8, 4) is 17.0 Å². The molecule has 3 saturated carbocycles. The van der Waals surface area contributed by atoms with E-state index < -0.39 is 41.3 Å². The van der Waals surface area contributed by atoms with Crippen LogP contribution in [-0.4, -0.2) is 35.2 Å². The van der Waals surface area contributed by atoms with E-state index >= 15 is 0 Å². The minimum atomic E-state index is -4.92. The highest BCUT2D eigenvalue weighted by molar-refractivity contribution is 6.00. The zero-order valence-electron chi connectivity index (χ0n) is 23.1. The molecule has 3 aliphatic rings. The number of nitrogens with zero attached hydrogens (tertiary/aromatic N) is 1. The van der Waals surface area contributed by atoms with E-state index in [1.165, 1.54) is 7.11 Å². The number of carbonyl (C=O) groups excluding carboxylic acids is 2. The number of anilines is 1. The van der Waals surface area contributed by atoms with Crippen LogP contribution >= 0.6 is 0 Å². The van der Waals surface area contributed by atoms with E-state index in [0.29, 0.717) is 35.7 Å². The highest BCUT2D eigenvalue weighted by atomic mass is 19.4. The van der Waals surface area contributed by atoms with E-state index in [2.05, 4.69) is 21.9 Å². The van der Waals surface area contributed by atoms with Gasteiger partial charge in [0.15, 0.2) is 5.76 Å². The number of amides is 2. The number of methoxy groups -OCH3 is 1. The molecule has 12 heteroatoms. The number of carbonyl (C=O) groups is 2. The number of nitrogens with one attached hydrogen (secondary N) is 2. The lowest BCUT2D eigenvalue weighted by Crippen LogP contribution is -2.48. The highest BCUT2D eigenvalue weighted by Crippen LogP contribution is 2.54. The van der Waals surface area contributed by atoms with Gasteiger partial charge < -0.3 is 25.0 Å². The van der Waals surface area contributed by atoms with E-state index in [4.69, 9.17) is 9.26 Å². The maximum Gasteiger partial charge on any atom is 0.419 e. The molecule has 43 heavy (non-hydrogen) atoms. The molecule has 2 amide bonds. The van der Waals surface area contributed by atoms with Crippen LogP contribution in [0.5, 0.6) is 5.75 Å². The van der Waals surface area contributed by atoms with Crippen molar-refractivity contribution in [2.75, 3.05) is 12.4 Å². The maximum atomic E-state index is 13.9. The minimum absolute atomic E-state index is 0.110. The third kappa shape index (κ3) is 5.63. The zero-order valence-corrected chi connectivity index (χ0v) is 23.1. The maximum absolute atomic E-state index is 13.9. The fourth-order valence-corrected chi connectivity index (χ4v) is 6.40. The minimum Gasteiger partial charge on any atom is -0.496 e. The van der Waals surface area contributed by atoms with Crippen LogP contribution in [-0.2, 0) is 17.6 Å². The summed E-state index contributed by atoms with van der Waals surface area (Å²) in [6.45, 7) is -0.337. The smallest absolute Gasteiger partial charge is 0.419 e. The van der Waals surface area contributed by atoms with Crippen molar-refractivity contribution < 1.29 is 41.5 Å². The van der Waals surface area contributed by atoms with Crippen LogP contribution in [0.2, 0.25) is 0 Å². The Hall–Kier alpha value is -4.19. The normalized spacial score (nSPS) is 23.9. The van der Waals surface area contributed by atoms with Crippen molar-refractivity contribution in [2.45, 2.75) is 44.5 Å². The van der Waals surface area contributed by atoms with Crippen molar-refractivity contribution in [1.82, 2.24) is 10.5 Å². The quantitative estimate of drug-likeness (QED) is 0.225. The summed E-state index contributed by atoms with van der Waals surface area (Å²) in [6.07, 6.45) is 0.843. The molecule has 1 aromatic heterocycles. The molecular weight excluding hydrogens is 570 g/mol. The van der Waals surface area contributed by atoms with Crippen molar-refractivity contribution in [3.63, 3.8) is 0 Å². The molecule has 3 fully saturated rings. The Labute approximate surface area is 244 Å². The summed E-state index contributed by atoms with van der Waals surface area (Å²) in [4.78, 5) is 27.5. The zero-order chi connectivity index (χ0) is 30.5. The van der Waals surface area contributed by atoms with Gasteiger partial charge in [-0.05, 0) is 73.9 Å². The van der Waals surface area contributed by atoms with Gasteiger partial charge in [-0.25, -0.2) is 4.39 Å². The average Bonchev–Trinajstić information content (AvgIpc) is 3.40. The average molecular weight is 600 g/mol. The number of aliphatic hydroxyl groups is 1. The number of aromatic nitrogens is 1. The van der Waals surface area contributed by atoms with Gasteiger partial charge in [-0.1, -0.05) is 16.8 Å². The number of halogens is 4. The van der Waals surface area contributed by atoms with E-state index in [1.54, 1.807) is 24.3 Å². The van der Waals surface area contributed by atoms with Crippen molar-refractivity contribution in [3.05, 3.63) is 76.8 Å². The van der Waals surface area contributed by atoms with Gasteiger partial charge in [0.05, 0.1) is 24.2 Å². The first-order valence-corrected chi connectivity index (χ1v) is 14.0. The molecule has 1 heterocycles. The lowest BCUT2D eigenvalue weighted by molar-refractivity contribution is -0.140. The first kappa shape index (κ1) is 28.9. The lowest BCUT2D eigenvalue weighted by atomic mass is 9.83. The number of allylic oxidation sites excluding steroid dienone is 1. The number of ether oxygens (including phenoxy) is 1. The van der Waals surface area contributed by atoms with Crippen molar-refractivity contribution in [2.24, 2.45) is 23.7 Å². The van der Waals surface area contributed by atoms with E-state index in [0.717, 1.165) is 30.9 Å². The standard InChI is InChI=1S/C31H29F4N3O5/c1-42-26-9-4-16(25-13-18(14-39)43-38-25)11-22(26)29(40)37-28-20-7-6-19(21(20)10-15-2-3-15)27(28)30(41)36-17-5-8-24(32)23(12-17)31(33,34)35/h4-5,8-13,15,19-20,27-28,39H,2-3,6-7,14H2,1H3,(H,36,41)(H,37,40)/b21-10-/t19-,20+,27-,28+/m0/s1. The summed E-state index contributed by atoms with van der Waals surface area (Å²) in [5.41, 5.74) is 0.596. The first-order chi connectivity index (χ1) is 20.6. The molecule has 4 atom stereocenters. The Morgan fingerprint density at radius 2 is 1.86 bits per heavy atom. The first-order valence-electron chi connectivity index (χ1n) is 14.0. The van der Waals surface area contributed by atoms with E-state index in [-0.39, 0.29) is 41.2 Å². The van der Waals surface area contributed by atoms with Gasteiger partial charge in [-0.2, -0.15) is 13.2 Å². The van der Waals surface area contributed by atoms with Gasteiger partial charge in [-0.15, -0.1) is 0 Å². The number of hydrogen-bond acceptors (Lipinski definition) is 6. The second-order valence-electron chi connectivity index (χ2n) is 11.3. The molecule has 0 unspecified atom stereocenters. The number of benzene rings is 2. The summed E-state index contributed by atoms with van der Waals surface area (Å²) in [6, 6.07) is 8.14. The number of aliphatic hydroxyl groups excluding tert-OH is 1. The molecule has 0 radical (unpaired) electrons. The predicted molar refractivity (Wildman–Crippen MR) is 146 cm³/mol. The number of fused-ring (bicyclic) bond motifs is 2. The third-order valence-corrected chi connectivity index (χ3v) is 8.54. The summed E-state index contributed by atoms with van der Waals surface area (Å²) in [7, 11) is 1.42. The SMILES string of the molecule is COc1ccc(-c2cc(CO)on2)cc1C(=O)N[C@H]1[C@@H](C(=O)Nc2ccc(F)c(C(F)(F)F)c2)[C@H]2CC[C@@H]1/C2=C\C1CC1. The Morgan fingerprint density at radius 3 is 2.53 bits per heavy atom. The Balaban J connectivity index is 1.30. The topological polar surface area (TPSA) is 114 Å². The van der Waals surface area contributed by atoms with Gasteiger partial charge in [0.25, 0.3) is 5.91 Å². The third-order valence-electron chi connectivity index (χ3n) is 8.54. The van der Waals surface area contributed by atoms with Gasteiger partial charge in [0, 0.05) is 29.3 Å². The Morgan fingerprint density at radius 1 is 1.09 bits per heavy atom. The second kappa shape index (κ2) is 11.1. The molecule has 0 aliphatic heterocycles. The van der Waals surface area contributed by atoms with E-state index in [1.807, 2.05) is 0 Å². The molecule has 2 bridgehead atoms. The lowest BCUT2D eigenvalue weighted by Gasteiger charge is -2.30.